The Morgan fingerprint density at radius 1 is 1.31 bits per heavy atom. The van der Waals surface area contributed by atoms with Gasteiger partial charge in [0.25, 0.3) is 5.56 Å². The van der Waals surface area contributed by atoms with Crippen molar-refractivity contribution in [1.29, 1.82) is 0 Å². The average molecular weight is 355 g/mol. The fraction of sp³-hybridized carbons (Fsp3) is 0.389. The van der Waals surface area contributed by atoms with Crippen LogP contribution in [0.5, 0.6) is 0 Å². The van der Waals surface area contributed by atoms with Gasteiger partial charge in [-0.05, 0) is 31.0 Å². The van der Waals surface area contributed by atoms with Crippen LogP contribution in [0, 0.1) is 6.92 Å². The lowest BCUT2D eigenvalue weighted by Gasteiger charge is -2.32. The summed E-state index contributed by atoms with van der Waals surface area (Å²) in [7, 11) is 0. The van der Waals surface area contributed by atoms with E-state index in [4.69, 9.17) is 4.52 Å². The summed E-state index contributed by atoms with van der Waals surface area (Å²) in [6.07, 6.45) is 1.42. The molecular formula is C18H21N5O3. The van der Waals surface area contributed by atoms with Crippen molar-refractivity contribution in [1.82, 2.24) is 24.9 Å². The maximum Gasteiger partial charge on any atom is 0.334 e. The highest BCUT2D eigenvalue weighted by atomic mass is 16.5. The van der Waals surface area contributed by atoms with Gasteiger partial charge in [-0.3, -0.25) is 14.7 Å². The van der Waals surface area contributed by atoms with Crippen LogP contribution in [0.4, 0.5) is 0 Å². The molecule has 1 unspecified atom stereocenters. The molecular weight excluding hydrogens is 334 g/mol. The third-order valence-corrected chi connectivity index (χ3v) is 4.89. The van der Waals surface area contributed by atoms with Crippen molar-refractivity contribution in [2.24, 2.45) is 0 Å². The van der Waals surface area contributed by atoms with E-state index in [0.29, 0.717) is 17.4 Å². The van der Waals surface area contributed by atoms with Crippen molar-refractivity contribution in [3.8, 4) is 5.82 Å². The summed E-state index contributed by atoms with van der Waals surface area (Å²) in [5, 5.41) is 8.30. The normalized spacial score (nSPS) is 18.5. The number of benzene rings is 1. The first-order valence-electron chi connectivity index (χ1n) is 8.69. The number of hydrogen-bond donors (Lipinski definition) is 2. The summed E-state index contributed by atoms with van der Waals surface area (Å²) in [6.45, 7) is 8.00. The molecule has 4 rings (SSSR count). The number of H-pyrrole nitrogens is 1. The van der Waals surface area contributed by atoms with Gasteiger partial charge >= 0.3 is 5.69 Å². The molecule has 1 aliphatic rings. The Labute approximate surface area is 149 Å². The summed E-state index contributed by atoms with van der Waals surface area (Å²) in [5.74, 6) is 0.397. The Hall–Kier alpha value is -2.71. The average Bonchev–Trinajstić information content (AvgIpc) is 3.02. The van der Waals surface area contributed by atoms with Gasteiger partial charge in [-0.15, -0.1) is 0 Å². The van der Waals surface area contributed by atoms with Gasteiger partial charge < -0.3 is 9.84 Å². The van der Waals surface area contributed by atoms with Gasteiger partial charge in [-0.2, -0.15) is 0 Å². The van der Waals surface area contributed by atoms with Crippen molar-refractivity contribution >= 4 is 11.0 Å². The summed E-state index contributed by atoms with van der Waals surface area (Å²) < 4.78 is 6.71. The van der Waals surface area contributed by atoms with Crippen LogP contribution < -0.4 is 16.6 Å². The molecule has 0 aliphatic carbocycles. The van der Waals surface area contributed by atoms with Gasteiger partial charge in [-0.25, -0.2) is 9.36 Å². The molecule has 0 bridgehead atoms. The zero-order valence-electron chi connectivity index (χ0n) is 14.8. The van der Waals surface area contributed by atoms with E-state index in [2.05, 4.69) is 33.3 Å². The SMILES string of the molecule is Cc1c(CN2CCNC(C)C2)ccc2onc(-n3ccc(=O)[nH]c3=O)c12. The topological polar surface area (TPSA) is 96.2 Å². The summed E-state index contributed by atoms with van der Waals surface area (Å²) in [4.78, 5) is 28.1. The van der Waals surface area contributed by atoms with Crippen LogP contribution in [-0.2, 0) is 6.54 Å². The summed E-state index contributed by atoms with van der Waals surface area (Å²) in [6, 6.07) is 5.70. The third kappa shape index (κ3) is 2.97. The molecule has 2 aromatic heterocycles. The first-order valence-corrected chi connectivity index (χ1v) is 8.69. The second-order valence-corrected chi connectivity index (χ2v) is 6.80. The van der Waals surface area contributed by atoms with Gasteiger partial charge in [0.1, 0.15) is 0 Å². The lowest BCUT2D eigenvalue weighted by Crippen LogP contribution is -2.48. The molecule has 0 radical (unpaired) electrons. The molecule has 0 saturated carbocycles. The number of hydrogen-bond acceptors (Lipinski definition) is 6. The molecule has 8 heteroatoms. The summed E-state index contributed by atoms with van der Waals surface area (Å²) >= 11 is 0. The molecule has 1 aliphatic heterocycles. The Morgan fingerprint density at radius 2 is 2.15 bits per heavy atom. The van der Waals surface area contributed by atoms with Crippen molar-refractivity contribution in [3.63, 3.8) is 0 Å². The highest BCUT2D eigenvalue weighted by molar-refractivity contribution is 5.88. The van der Waals surface area contributed by atoms with E-state index in [9.17, 15) is 9.59 Å². The van der Waals surface area contributed by atoms with E-state index in [0.717, 1.165) is 37.1 Å². The highest BCUT2D eigenvalue weighted by Crippen LogP contribution is 2.28. The lowest BCUT2D eigenvalue weighted by molar-refractivity contribution is 0.199. The van der Waals surface area contributed by atoms with Crippen LogP contribution in [0.1, 0.15) is 18.1 Å². The van der Waals surface area contributed by atoms with Crippen LogP contribution in [0.25, 0.3) is 16.8 Å². The van der Waals surface area contributed by atoms with Crippen LogP contribution in [0.15, 0.2) is 38.5 Å². The molecule has 1 atom stereocenters. The fourth-order valence-electron chi connectivity index (χ4n) is 3.54. The second-order valence-electron chi connectivity index (χ2n) is 6.80. The predicted molar refractivity (Wildman–Crippen MR) is 97.7 cm³/mol. The quantitative estimate of drug-likeness (QED) is 0.720. The number of aromatic amines is 1. The molecule has 0 spiro atoms. The lowest BCUT2D eigenvalue weighted by atomic mass is 10.0. The number of aromatic nitrogens is 3. The molecule has 2 N–H and O–H groups in total. The Balaban J connectivity index is 1.77. The molecule has 1 fully saturated rings. The number of piperazine rings is 1. The minimum atomic E-state index is -0.534. The number of rotatable bonds is 3. The first-order chi connectivity index (χ1) is 12.5. The maximum absolute atomic E-state index is 12.1. The van der Waals surface area contributed by atoms with Crippen molar-refractivity contribution in [2.75, 3.05) is 19.6 Å². The first kappa shape index (κ1) is 16.7. The Kier molecular flexibility index (Phi) is 4.21. The van der Waals surface area contributed by atoms with Gasteiger partial charge in [0.15, 0.2) is 11.4 Å². The van der Waals surface area contributed by atoms with Gasteiger partial charge in [0.05, 0.1) is 5.39 Å². The molecule has 136 valence electrons. The Bertz CT molecular complexity index is 1060. The van der Waals surface area contributed by atoms with E-state index in [1.54, 1.807) is 0 Å². The largest absolute Gasteiger partial charge is 0.354 e. The maximum atomic E-state index is 12.1. The van der Waals surface area contributed by atoms with E-state index < -0.39 is 11.2 Å². The molecule has 0 amide bonds. The number of fused-ring (bicyclic) bond motifs is 1. The number of nitrogens with zero attached hydrogens (tertiary/aromatic N) is 3. The second kappa shape index (κ2) is 6.54. The summed E-state index contributed by atoms with van der Waals surface area (Å²) in [5.41, 5.74) is 1.85. The highest BCUT2D eigenvalue weighted by Gasteiger charge is 2.20. The fourth-order valence-corrected chi connectivity index (χ4v) is 3.54. The smallest absolute Gasteiger partial charge is 0.334 e. The predicted octanol–water partition coefficient (Wildman–Crippen LogP) is 0.769. The van der Waals surface area contributed by atoms with E-state index in [-0.39, 0.29) is 0 Å². The van der Waals surface area contributed by atoms with Crippen LogP contribution in [-0.4, -0.2) is 45.3 Å². The minimum absolute atomic E-state index is 0.397. The zero-order chi connectivity index (χ0) is 18.3. The van der Waals surface area contributed by atoms with Crippen LogP contribution in [0.2, 0.25) is 0 Å². The van der Waals surface area contributed by atoms with Crippen molar-refractivity contribution in [2.45, 2.75) is 26.4 Å². The van der Waals surface area contributed by atoms with Gasteiger partial charge in [-0.1, -0.05) is 11.2 Å². The van der Waals surface area contributed by atoms with Crippen LogP contribution >= 0.6 is 0 Å². The van der Waals surface area contributed by atoms with Gasteiger partial charge in [0.2, 0.25) is 0 Å². The monoisotopic (exact) mass is 355 g/mol. The van der Waals surface area contributed by atoms with E-state index in [1.165, 1.54) is 22.4 Å². The number of aryl methyl sites for hydroxylation is 1. The zero-order valence-corrected chi connectivity index (χ0v) is 14.8. The van der Waals surface area contributed by atoms with E-state index in [1.807, 2.05) is 13.0 Å². The van der Waals surface area contributed by atoms with E-state index >= 15 is 0 Å². The van der Waals surface area contributed by atoms with Crippen LogP contribution in [0.3, 0.4) is 0 Å². The molecule has 3 heterocycles. The molecule has 1 aromatic carbocycles. The molecule has 26 heavy (non-hydrogen) atoms. The van der Waals surface area contributed by atoms with Gasteiger partial charge in [0, 0.05) is 44.5 Å². The molecule has 3 aromatic rings. The standard InChI is InChI=1S/C18H21N5O3/c1-11-9-22(8-6-19-11)10-13-3-4-14-16(12(13)2)17(21-26-14)23-7-5-15(24)20-18(23)25/h3-5,7,11,19H,6,8-10H2,1-2H3,(H,20,24,25). The minimum Gasteiger partial charge on any atom is -0.354 e. The molecule has 8 nitrogen and oxygen atoms in total. The Morgan fingerprint density at radius 3 is 2.92 bits per heavy atom. The van der Waals surface area contributed by atoms with Crippen molar-refractivity contribution in [3.05, 3.63) is 56.4 Å². The number of nitrogens with one attached hydrogen (secondary N) is 2. The van der Waals surface area contributed by atoms with Crippen molar-refractivity contribution < 1.29 is 4.52 Å². The third-order valence-electron chi connectivity index (χ3n) is 4.89. The molecule has 1 saturated heterocycles.